The molecule has 6 rings (SSSR count). The lowest BCUT2D eigenvalue weighted by Crippen LogP contribution is -2.21. The van der Waals surface area contributed by atoms with Crippen LogP contribution in [0.4, 0.5) is 0 Å². The van der Waals surface area contributed by atoms with E-state index in [2.05, 4.69) is 14.9 Å². The summed E-state index contributed by atoms with van der Waals surface area (Å²) >= 11 is 0. The van der Waals surface area contributed by atoms with Crippen molar-refractivity contribution in [2.24, 2.45) is 0 Å². The molecule has 0 bridgehead atoms. The van der Waals surface area contributed by atoms with E-state index in [1.807, 2.05) is 53.3 Å². The Morgan fingerprint density at radius 3 is 2.56 bits per heavy atom. The zero-order valence-corrected chi connectivity index (χ0v) is 19.2. The maximum atomic E-state index is 5.76. The van der Waals surface area contributed by atoms with Crippen LogP contribution in [0.2, 0.25) is 0 Å². The molecule has 0 amide bonds. The Kier molecular flexibility index (Phi) is 5.81. The summed E-state index contributed by atoms with van der Waals surface area (Å²) in [6.45, 7) is 4.76. The van der Waals surface area contributed by atoms with Gasteiger partial charge in [-0.2, -0.15) is 5.10 Å². The lowest BCUT2D eigenvalue weighted by molar-refractivity contribution is 0.171. The van der Waals surface area contributed by atoms with Gasteiger partial charge in [0.1, 0.15) is 19.0 Å². The topological polar surface area (TPSA) is 77.7 Å². The number of benzene rings is 1. The molecule has 4 aromatic rings. The quantitative estimate of drug-likeness (QED) is 0.421. The predicted molar refractivity (Wildman–Crippen MR) is 128 cm³/mol. The van der Waals surface area contributed by atoms with Crippen molar-refractivity contribution in [1.82, 2.24) is 29.5 Å². The van der Waals surface area contributed by atoms with Gasteiger partial charge in [0.15, 0.2) is 23.0 Å². The molecule has 8 heteroatoms. The molecule has 1 saturated heterocycles. The number of nitrogens with zero attached hydrogens (tertiary/aromatic N) is 6. The van der Waals surface area contributed by atoms with E-state index in [0.717, 1.165) is 65.0 Å². The van der Waals surface area contributed by atoms with E-state index in [-0.39, 0.29) is 0 Å². The molecule has 2 aliphatic rings. The van der Waals surface area contributed by atoms with E-state index >= 15 is 0 Å². The van der Waals surface area contributed by atoms with Gasteiger partial charge in [0, 0.05) is 30.8 Å². The van der Waals surface area contributed by atoms with Crippen molar-refractivity contribution in [1.29, 1.82) is 0 Å². The van der Waals surface area contributed by atoms with Crippen LogP contribution in [0.5, 0.6) is 11.5 Å². The monoisotopic (exact) mass is 456 g/mol. The second-order valence-corrected chi connectivity index (χ2v) is 8.90. The highest BCUT2D eigenvalue weighted by Gasteiger charge is 2.15. The van der Waals surface area contributed by atoms with Gasteiger partial charge in [0.25, 0.3) is 0 Å². The number of aromatic nitrogens is 5. The van der Waals surface area contributed by atoms with Crippen LogP contribution in [0.25, 0.3) is 16.9 Å². The highest BCUT2D eigenvalue weighted by molar-refractivity contribution is 5.66. The minimum absolute atomic E-state index is 0.563. The summed E-state index contributed by atoms with van der Waals surface area (Å²) in [5, 5.41) is 4.78. The van der Waals surface area contributed by atoms with Gasteiger partial charge in [-0.1, -0.05) is 6.07 Å². The smallest absolute Gasteiger partial charge is 0.162 e. The molecule has 2 aliphatic heterocycles. The molecular formula is C26H28N6O2. The van der Waals surface area contributed by atoms with Gasteiger partial charge in [-0.05, 0) is 74.8 Å². The SMILES string of the molecule is c1cc(-c2ccc3c(c2)OCCO3)n2nc(Cc3cnc(CCCN4CCCC4)nc3)nc2c1. The molecular weight excluding hydrogens is 428 g/mol. The molecule has 0 saturated carbocycles. The van der Waals surface area contributed by atoms with Crippen molar-refractivity contribution in [2.45, 2.75) is 32.1 Å². The summed E-state index contributed by atoms with van der Waals surface area (Å²) in [6, 6.07) is 12.0. The van der Waals surface area contributed by atoms with Gasteiger partial charge < -0.3 is 14.4 Å². The first kappa shape index (κ1) is 21.0. The molecule has 5 heterocycles. The maximum Gasteiger partial charge on any atom is 0.162 e. The Morgan fingerprint density at radius 1 is 0.882 bits per heavy atom. The minimum atomic E-state index is 0.563. The Morgan fingerprint density at radius 2 is 1.71 bits per heavy atom. The van der Waals surface area contributed by atoms with Crippen LogP contribution < -0.4 is 9.47 Å². The fourth-order valence-electron chi connectivity index (χ4n) is 4.70. The van der Waals surface area contributed by atoms with Crippen molar-refractivity contribution < 1.29 is 9.47 Å². The Labute approximate surface area is 198 Å². The van der Waals surface area contributed by atoms with E-state index in [9.17, 15) is 0 Å². The third-order valence-corrected chi connectivity index (χ3v) is 6.44. The van der Waals surface area contributed by atoms with E-state index in [1.54, 1.807) is 0 Å². The van der Waals surface area contributed by atoms with Crippen molar-refractivity contribution in [2.75, 3.05) is 32.8 Å². The number of likely N-dealkylation sites (tertiary alicyclic amines) is 1. The minimum Gasteiger partial charge on any atom is -0.486 e. The van der Waals surface area contributed by atoms with E-state index in [0.29, 0.717) is 19.6 Å². The largest absolute Gasteiger partial charge is 0.486 e. The maximum absolute atomic E-state index is 5.76. The van der Waals surface area contributed by atoms with Gasteiger partial charge in [-0.25, -0.2) is 19.5 Å². The molecule has 0 radical (unpaired) electrons. The van der Waals surface area contributed by atoms with Crippen LogP contribution in [0.15, 0.2) is 48.8 Å². The molecule has 1 fully saturated rings. The molecule has 0 spiro atoms. The van der Waals surface area contributed by atoms with Crippen molar-refractivity contribution >= 4 is 5.65 Å². The van der Waals surface area contributed by atoms with E-state index in [4.69, 9.17) is 19.6 Å². The number of hydrogen-bond donors (Lipinski definition) is 0. The highest BCUT2D eigenvalue weighted by atomic mass is 16.6. The molecule has 8 nitrogen and oxygen atoms in total. The Bertz CT molecular complexity index is 1280. The van der Waals surface area contributed by atoms with Crippen LogP contribution in [0, 0.1) is 0 Å². The Balaban J connectivity index is 1.16. The normalized spacial score (nSPS) is 15.8. The molecule has 1 aromatic carbocycles. The summed E-state index contributed by atoms with van der Waals surface area (Å²) in [4.78, 5) is 16.4. The fraction of sp³-hybridized carbons (Fsp3) is 0.385. The van der Waals surface area contributed by atoms with E-state index < -0.39 is 0 Å². The van der Waals surface area contributed by atoms with Crippen LogP contribution in [-0.4, -0.2) is 62.3 Å². The third kappa shape index (κ3) is 4.46. The number of pyridine rings is 1. The van der Waals surface area contributed by atoms with Gasteiger partial charge in [0.05, 0.1) is 5.69 Å². The molecule has 0 aliphatic carbocycles. The van der Waals surface area contributed by atoms with Gasteiger partial charge in [-0.3, -0.25) is 0 Å². The average Bonchev–Trinajstić information content (AvgIpc) is 3.54. The van der Waals surface area contributed by atoms with Crippen LogP contribution >= 0.6 is 0 Å². The zero-order chi connectivity index (χ0) is 22.7. The Hall–Kier alpha value is -3.52. The summed E-state index contributed by atoms with van der Waals surface area (Å²) in [7, 11) is 0. The van der Waals surface area contributed by atoms with Gasteiger partial charge in [0.2, 0.25) is 0 Å². The van der Waals surface area contributed by atoms with Crippen LogP contribution in [0.1, 0.15) is 36.5 Å². The number of ether oxygens (including phenoxy) is 2. The van der Waals surface area contributed by atoms with Crippen molar-refractivity contribution in [3.05, 3.63) is 66.0 Å². The zero-order valence-electron chi connectivity index (χ0n) is 19.2. The lowest BCUT2D eigenvalue weighted by Gasteiger charge is -2.19. The van der Waals surface area contributed by atoms with Crippen molar-refractivity contribution in [3.8, 4) is 22.8 Å². The highest BCUT2D eigenvalue weighted by Crippen LogP contribution is 2.34. The fourth-order valence-corrected chi connectivity index (χ4v) is 4.70. The molecule has 3 aromatic heterocycles. The number of rotatable bonds is 7. The molecule has 174 valence electrons. The lowest BCUT2D eigenvalue weighted by atomic mass is 10.1. The first-order valence-electron chi connectivity index (χ1n) is 12.1. The molecule has 0 unspecified atom stereocenters. The molecule has 0 N–H and O–H groups in total. The summed E-state index contributed by atoms with van der Waals surface area (Å²) in [5.74, 6) is 3.20. The number of fused-ring (bicyclic) bond motifs is 2. The van der Waals surface area contributed by atoms with Crippen molar-refractivity contribution in [3.63, 3.8) is 0 Å². The third-order valence-electron chi connectivity index (χ3n) is 6.44. The van der Waals surface area contributed by atoms with Crippen LogP contribution in [-0.2, 0) is 12.8 Å². The predicted octanol–water partition coefficient (Wildman–Crippen LogP) is 3.58. The second-order valence-electron chi connectivity index (χ2n) is 8.90. The van der Waals surface area contributed by atoms with E-state index in [1.165, 1.54) is 25.9 Å². The van der Waals surface area contributed by atoms with Gasteiger partial charge in [-0.15, -0.1) is 0 Å². The first-order valence-corrected chi connectivity index (χ1v) is 12.1. The summed E-state index contributed by atoms with van der Waals surface area (Å²) < 4.78 is 13.3. The first-order chi connectivity index (χ1) is 16.8. The summed E-state index contributed by atoms with van der Waals surface area (Å²) in [5.41, 5.74) is 3.78. The molecule has 0 atom stereocenters. The molecule has 34 heavy (non-hydrogen) atoms. The second kappa shape index (κ2) is 9.38. The number of aryl methyl sites for hydroxylation is 1. The van der Waals surface area contributed by atoms with Gasteiger partial charge >= 0.3 is 0 Å². The van der Waals surface area contributed by atoms with Crippen LogP contribution in [0.3, 0.4) is 0 Å². The standard InChI is InChI=1S/C26H28N6O2/c1-2-11-31(10-1)12-4-6-24-27-17-19(18-28-24)15-25-29-26-7-3-5-21(32(26)30-25)20-8-9-22-23(16-20)34-14-13-33-22/h3,5,7-9,16-18H,1-2,4,6,10-15H2. The average molecular weight is 457 g/mol. The summed E-state index contributed by atoms with van der Waals surface area (Å²) in [6.07, 6.45) is 9.10. The number of hydrogen-bond acceptors (Lipinski definition) is 7.